The van der Waals surface area contributed by atoms with Crippen LogP contribution in [-0.4, -0.2) is 44.6 Å². The van der Waals surface area contributed by atoms with Gasteiger partial charge < -0.3 is 20.3 Å². The van der Waals surface area contributed by atoms with Crippen molar-refractivity contribution in [3.63, 3.8) is 0 Å². The number of urea groups is 1. The number of methoxy groups -OCH3 is 1. The summed E-state index contributed by atoms with van der Waals surface area (Å²) in [7, 11) is 4.65. The second kappa shape index (κ2) is 7.21. The highest BCUT2D eigenvalue weighted by Crippen LogP contribution is 2.35. The largest absolute Gasteiger partial charge is 0.494 e. The zero-order valence-electron chi connectivity index (χ0n) is 11.3. The molecule has 110 valence electrons. The van der Waals surface area contributed by atoms with Crippen molar-refractivity contribution in [1.29, 1.82) is 0 Å². The molecule has 0 radical (unpaired) electrons. The molecule has 2 N–H and O–H groups in total. The van der Waals surface area contributed by atoms with Gasteiger partial charge in [0.15, 0.2) is 5.75 Å². The van der Waals surface area contributed by atoms with E-state index < -0.39 is 6.03 Å². The summed E-state index contributed by atoms with van der Waals surface area (Å²) in [5.74, 6) is 0.119. The van der Waals surface area contributed by atoms with Gasteiger partial charge in [-0.1, -0.05) is 23.2 Å². The Bertz CT molecular complexity index is 498. The molecule has 0 saturated carbocycles. The number of rotatable bonds is 4. The van der Waals surface area contributed by atoms with Crippen molar-refractivity contribution < 1.29 is 14.3 Å². The lowest BCUT2D eigenvalue weighted by molar-refractivity contribution is -0.127. The molecule has 0 bridgehead atoms. The molecule has 0 aliphatic heterocycles. The van der Waals surface area contributed by atoms with Crippen molar-refractivity contribution in [2.45, 2.75) is 0 Å². The number of carbonyl (C=O) groups is 2. The van der Waals surface area contributed by atoms with Crippen molar-refractivity contribution in [3.8, 4) is 5.75 Å². The Labute approximate surface area is 127 Å². The molecule has 1 aromatic rings. The summed E-state index contributed by atoms with van der Waals surface area (Å²) in [4.78, 5) is 24.3. The first-order valence-corrected chi connectivity index (χ1v) is 6.38. The Balaban J connectivity index is 2.65. The molecule has 3 amide bonds. The molecular formula is C12H15Cl2N3O3. The highest BCUT2D eigenvalue weighted by atomic mass is 35.5. The van der Waals surface area contributed by atoms with Crippen LogP contribution in [0.15, 0.2) is 12.1 Å². The molecule has 0 aliphatic rings. The molecule has 6 nitrogen and oxygen atoms in total. The lowest BCUT2D eigenvalue weighted by Crippen LogP contribution is -2.38. The SMILES string of the molecule is COc1c(Cl)cc(NC(=O)NCC(=O)N(C)C)cc1Cl. The van der Waals surface area contributed by atoms with Crippen LogP contribution in [0.2, 0.25) is 10.0 Å². The van der Waals surface area contributed by atoms with Crippen molar-refractivity contribution >= 4 is 40.8 Å². The van der Waals surface area contributed by atoms with Gasteiger partial charge in [0.25, 0.3) is 0 Å². The van der Waals surface area contributed by atoms with E-state index in [4.69, 9.17) is 27.9 Å². The minimum absolute atomic E-state index is 0.101. The fraction of sp³-hybridized carbons (Fsp3) is 0.333. The number of anilines is 1. The first-order valence-electron chi connectivity index (χ1n) is 5.63. The molecule has 0 atom stereocenters. The number of hydrogen-bond acceptors (Lipinski definition) is 3. The van der Waals surface area contributed by atoms with E-state index in [0.29, 0.717) is 11.4 Å². The quantitative estimate of drug-likeness (QED) is 0.893. The van der Waals surface area contributed by atoms with E-state index in [1.165, 1.54) is 24.1 Å². The smallest absolute Gasteiger partial charge is 0.319 e. The molecule has 0 aliphatic carbocycles. The molecule has 0 spiro atoms. The van der Waals surface area contributed by atoms with E-state index in [1.807, 2.05) is 0 Å². The Kier molecular flexibility index (Phi) is 5.91. The second-order valence-electron chi connectivity index (χ2n) is 4.07. The molecule has 0 aromatic heterocycles. The number of hydrogen-bond donors (Lipinski definition) is 2. The summed E-state index contributed by atoms with van der Waals surface area (Å²) >= 11 is 11.9. The average Bonchev–Trinajstić information content (AvgIpc) is 2.35. The number of carbonyl (C=O) groups excluding carboxylic acids is 2. The normalized spacial score (nSPS) is 9.85. The monoisotopic (exact) mass is 319 g/mol. The van der Waals surface area contributed by atoms with Gasteiger partial charge in [0.2, 0.25) is 5.91 Å². The van der Waals surface area contributed by atoms with Crippen LogP contribution in [0.5, 0.6) is 5.75 Å². The molecule has 8 heteroatoms. The van der Waals surface area contributed by atoms with E-state index in [0.717, 1.165) is 0 Å². The maximum absolute atomic E-state index is 11.6. The lowest BCUT2D eigenvalue weighted by atomic mass is 10.3. The Morgan fingerprint density at radius 3 is 2.25 bits per heavy atom. The van der Waals surface area contributed by atoms with Gasteiger partial charge >= 0.3 is 6.03 Å². The molecule has 0 heterocycles. The highest BCUT2D eigenvalue weighted by molar-refractivity contribution is 6.37. The van der Waals surface area contributed by atoms with E-state index in [9.17, 15) is 9.59 Å². The van der Waals surface area contributed by atoms with Crippen molar-refractivity contribution in [2.75, 3.05) is 33.1 Å². The zero-order chi connectivity index (χ0) is 15.3. The third kappa shape index (κ3) is 4.47. The maximum atomic E-state index is 11.6. The maximum Gasteiger partial charge on any atom is 0.319 e. The highest BCUT2D eigenvalue weighted by Gasteiger charge is 2.11. The van der Waals surface area contributed by atoms with E-state index in [2.05, 4.69) is 10.6 Å². The standard InChI is InChI=1S/C12H15Cl2N3O3/c1-17(2)10(18)6-15-12(19)16-7-4-8(13)11(20-3)9(14)5-7/h4-5H,6H2,1-3H3,(H2,15,16,19). The number of halogens is 2. The number of nitrogens with one attached hydrogen (secondary N) is 2. The number of amides is 3. The van der Waals surface area contributed by atoms with E-state index >= 15 is 0 Å². The van der Waals surface area contributed by atoms with Crippen LogP contribution in [0.1, 0.15) is 0 Å². The minimum atomic E-state index is -0.530. The Hall–Kier alpha value is -1.66. The van der Waals surface area contributed by atoms with Gasteiger partial charge in [-0.15, -0.1) is 0 Å². The number of benzene rings is 1. The number of likely N-dealkylation sites (N-methyl/N-ethyl adjacent to an activating group) is 1. The first kappa shape index (κ1) is 16.4. The van der Waals surface area contributed by atoms with Crippen molar-refractivity contribution in [3.05, 3.63) is 22.2 Å². The van der Waals surface area contributed by atoms with Crippen LogP contribution in [0, 0.1) is 0 Å². The molecule has 0 saturated heterocycles. The van der Waals surface area contributed by atoms with Gasteiger partial charge in [-0.2, -0.15) is 0 Å². The number of nitrogens with zero attached hydrogens (tertiary/aromatic N) is 1. The van der Waals surface area contributed by atoms with Crippen molar-refractivity contribution in [2.24, 2.45) is 0 Å². The fourth-order valence-electron chi connectivity index (χ4n) is 1.32. The minimum Gasteiger partial charge on any atom is -0.494 e. The third-order valence-corrected chi connectivity index (χ3v) is 2.92. The molecule has 0 fully saturated rings. The molecule has 0 unspecified atom stereocenters. The summed E-state index contributed by atoms with van der Waals surface area (Å²) < 4.78 is 5.00. The summed E-state index contributed by atoms with van der Waals surface area (Å²) in [5, 5.41) is 5.50. The first-order chi connectivity index (χ1) is 9.35. The van der Waals surface area contributed by atoms with Gasteiger partial charge in [0.05, 0.1) is 23.7 Å². The zero-order valence-corrected chi connectivity index (χ0v) is 12.8. The average molecular weight is 320 g/mol. The Morgan fingerprint density at radius 2 is 1.80 bits per heavy atom. The fourth-order valence-corrected chi connectivity index (χ4v) is 1.96. The third-order valence-electron chi connectivity index (χ3n) is 2.36. The van der Waals surface area contributed by atoms with Gasteiger partial charge in [-0.3, -0.25) is 4.79 Å². The predicted octanol–water partition coefficient (Wildman–Crippen LogP) is 2.21. The van der Waals surface area contributed by atoms with Crippen LogP contribution in [0.4, 0.5) is 10.5 Å². The van der Waals surface area contributed by atoms with Gasteiger partial charge in [0.1, 0.15) is 0 Å². The second-order valence-corrected chi connectivity index (χ2v) is 4.88. The summed E-state index contributed by atoms with van der Waals surface area (Å²) in [5.41, 5.74) is 0.399. The molecule has 1 aromatic carbocycles. The molecule has 1 rings (SSSR count). The van der Waals surface area contributed by atoms with Crippen LogP contribution in [-0.2, 0) is 4.79 Å². The summed E-state index contributed by atoms with van der Waals surface area (Å²) in [6.45, 7) is -0.101. The van der Waals surface area contributed by atoms with Gasteiger partial charge in [-0.25, -0.2) is 4.79 Å². The predicted molar refractivity (Wildman–Crippen MR) is 78.7 cm³/mol. The van der Waals surface area contributed by atoms with E-state index in [-0.39, 0.29) is 22.5 Å². The number of ether oxygens (including phenoxy) is 1. The van der Waals surface area contributed by atoms with Crippen LogP contribution >= 0.6 is 23.2 Å². The lowest BCUT2D eigenvalue weighted by Gasteiger charge is -2.12. The van der Waals surface area contributed by atoms with Crippen LogP contribution in [0.25, 0.3) is 0 Å². The van der Waals surface area contributed by atoms with Gasteiger partial charge in [0, 0.05) is 19.8 Å². The van der Waals surface area contributed by atoms with Crippen molar-refractivity contribution in [1.82, 2.24) is 10.2 Å². The molecular weight excluding hydrogens is 305 g/mol. The Morgan fingerprint density at radius 1 is 1.25 bits per heavy atom. The molecule has 20 heavy (non-hydrogen) atoms. The summed E-state index contributed by atoms with van der Waals surface area (Å²) in [6.07, 6.45) is 0. The van der Waals surface area contributed by atoms with E-state index in [1.54, 1.807) is 14.1 Å². The van der Waals surface area contributed by atoms with Crippen LogP contribution < -0.4 is 15.4 Å². The van der Waals surface area contributed by atoms with Gasteiger partial charge in [-0.05, 0) is 12.1 Å². The topological polar surface area (TPSA) is 70.7 Å². The summed E-state index contributed by atoms with van der Waals surface area (Å²) in [6, 6.07) is 2.47. The van der Waals surface area contributed by atoms with Crippen LogP contribution in [0.3, 0.4) is 0 Å².